The molecule has 1 aromatic carbocycles. The van der Waals surface area contributed by atoms with Crippen molar-refractivity contribution >= 4 is 0 Å². The van der Waals surface area contributed by atoms with E-state index in [9.17, 15) is 0 Å². The predicted octanol–water partition coefficient (Wildman–Crippen LogP) is 4.19. The largest absolute Gasteiger partial charge is 0.384 e. The lowest BCUT2D eigenvalue weighted by Gasteiger charge is -2.11. The molecule has 92 valence electrons. The summed E-state index contributed by atoms with van der Waals surface area (Å²) in [4.78, 5) is 0. The summed E-state index contributed by atoms with van der Waals surface area (Å²) < 4.78 is 5.26. The SMILES string of the molecule is COCC(/C=C/C=C\C(C)C)c1ccccc1. The Kier molecular flexibility index (Phi) is 6.34. The second-order valence-electron chi connectivity index (χ2n) is 4.49. The number of benzene rings is 1. The van der Waals surface area contributed by atoms with Crippen LogP contribution in [0, 0.1) is 5.92 Å². The van der Waals surface area contributed by atoms with Gasteiger partial charge in [0.1, 0.15) is 0 Å². The average Bonchev–Trinajstić information content (AvgIpc) is 2.34. The van der Waals surface area contributed by atoms with E-state index in [1.165, 1.54) is 5.56 Å². The molecule has 0 radical (unpaired) electrons. The van der Waals surface area contributed by atoms with Crippen LogP contribution in [0.25, 0.3) is 0 Å². The summed E-state index contributed by atoms with van der Waals surface area (Å²) in [5, 5.41) is 0. The summed E-state index contributed by atoms with van der Waals surface area (Å²) in [5.74, 6) is 0.926. The molecule has 0 aromatic heterocycles. The van der Waals surface area contributed by atoms with Crippen molar-refractivity contribution < 1.29 is 4.74 Å². The first-order chi connectivity index (χ1) is 8.24. The van der Waals surface area contributed by atoms with E-state index < -0.39 is 0 Å². The Balaban J connectivity index is 2.67. The Bertz CT molecular complexity index is 349. The zero-order chi connectivity index (χ0) is 12.5. The highest BCUT2D eigenvalue weighted by Crippen LogP contribution is 2.17. The van der Waals surface area contributed by atoms with Crippen LogP contribution in [-0.4, -0.2) is 13.7 Å². The maximum Gasteiger partial charge on any atom is 0.0565 e. The third-order valence-corrected chi connectivity index (χ3v) is 2.52. The van der Waals surface area contributed by atoms with Crippen molar-refractivity contribution in [1.29, 1.82) is 0 Å². The van der Waals surface area contributed by atoms with Crippen molar-refractivity contribution in [3.63, 3.8) is 0 Å². The van der Waals surface area contributed by atoms with E-state index in [1.807, 2.05) is 6.07 Å². The van der Waals surface area contributed by atoms with Gasteiger partial charge in [0.2, 0.25) is 0 Å². The lowest BCUT2D eigenvalue weighted by molar-refractivity contribution is 0.191. The van der Waals surface area contributed by atoms with Crippen molar-refractivity contribution in [2.24, 2.45) is 5.92 Å². The van der Waals surface area contributed by atoms with E-state index in [0.717, 1.165) is 6.61 Å². The first kappa shape index (κ1) is 13.7. The topological polar surface area (TPSA) is 9.23 Å². The summed E-state index contributed by atoms with van der Waals surface area (Å²) in [6, 6.07) is 10.4. The second-order valence-corrected chi connectivity index (χ2v) is 4.49. The number of allylic oxidation sites excluding steroid dienone is 3. The van der Waals surface area contributed by atoms with Gasteiger partial charge in [-0.2, -0.15) is 0 Å². The molecule has 0 aliphatic heterocycles. The Morgan fingerprint density at radius 2 is 1.71 bits per heavy atom. The van der Waals surface area contributed by atoms with E-state index in [-0.39, 0.29) is 0 Å². The van der Waals surface area contributed by atoms with Crippen LogP contribution in [0.5, 0.6) is 0 Å². The fourth-order valence-corrected chi connectivity index (χ4v) is 1.63. The van der Waals surface area contributed by atoms with Crippen molar-refractivity contribution in [3.8, 4) is 0 Å². The molecule has 1 unspecified atom stereocenters. The molecule has 1 atom stereocenters. The van der Waals surface area contributed by atoms with E-state index in [0.29, 0.717) is 11.8 Å². The van der Waals surface area contributed by atoms with Crippen molar-refractivity contribution in [1.82, 2.24) is 0 Å². The minimum absolute atomic E-state index is 0.331. The van der Waals surface area contributed by atoms with Gasteiger partial charge in [0.25, 0.3) is 0 Å². The van der Waals surface area contributed by atoms with E-state index in [4.69, 9.17) is 4.74 Å². The number of methoxy groups -OCH3 is 1. The lowest BCUT2D eigenvalue weighted by Crippen LogP contribution is -2.02. The second kappa shape index (κ2) is 7.86. The van der Waals surface area contributed by atoms with Crippen molar-refractivity contribution in [2.45, 2.75) is 19.8 Å². The molecule has 0 saturated heterocycles. The molecule has 0 fully saturated rings. The van der Waals surface area contributed by atoms with Crippen LogP contribution < -0.4 is 0 Å². The van der Waals surface area contributed by atoms with Gasteiger partial charge in [0.15, 0.2) is 0 Å². The van der Waals surface area contributed by atoms with E-state index in [1.54, 1.807) is 7.11 Å². The molecule has 1 nitrogen and oxygen atoms in total. The van der Waals surface area contributed by atoms with E-state index >= 15 is 0 Å². The number of hydrogen-bond donors (Lipinski definition) is 0. The molecule has 0 aliphatic rings. The maximum absolute atomic E-state index is 5.26. The molecular weight excluding hydrogens is 208 g/mol. The van der Waals surface area contributed by atoms with Gasteiger partial charge in [-0.1, -0.05) is 68.5 Å². The van der Waals surface area contributed by atoms with Crippen molar-refractivity contribution in [3.05, 3.63) is 60.2 Å². The van der Waals surface area contributed by atoms with Crippen LogP contribution in [0.3, 0.4) is 0 Å². The summed E-state index contributed by atoms with van der Waals surface area (Å²) in [6.07, 6.45) is 8.59. The normalized spacial score (nSPS) is 13.9. The molecule has 0 N–H and O–H groups in total. The highest BCUT2D eigenvalue weighted by atomic mass is 16.5. The standard InChI is InChI=1S/C16H22O/c1-14(2)9-7-8-12-16(13-17-3)15-10-5-4-6-11-15/h4-12,14,16H,13H2,1-3H3/b9-7-,12-8+. The van der Waals surface area contributed by atoms with Crippen LogP contribution >= 0.6 is 0 Å². The van der Waals surface area contributed by atoms with Crippen LogP contribution in [0.1, 0.15) is 25.3 Å². The van der Waals surface area contributed by atoms with Crippen LogP contribution in [0.2, 0.25) is 0 Å². The van der Waals surface area contributed by atoms with Gasteiger partial charge in [0.05, 0.1) is 6.61 Å². The van der Waals surface area contributed by atoms with Gasteiger partial charge in [-0.15, -0.1) is 0 Å². The number of hydrogen-bond acceptors (Lipinski definition) is 1. The molecule has 0 spiro atoms. The minimum Gasteiger partial charge on any atom is -0.384 e. The first-order valence-corrected chi connectivity index (χ1v) is 6.13. The molecule has 1 rings (SSSR count). The summed E-state index contributed by atoms with van der Waals surface area (Å²) in [5.41, 5.74) is 1.29. The van der Waals surface area contributed by atoms with Gasteiger partial charge in [-0.3, -0.25) is 0 Å². The van der Waals surface area contributed by atoms with Crippen molar-refractivity contribution in [2.75, 3.05) is 13.7 Å². The fraction of sp³-hybridized carbons (Fsp3) is 0.375. The zero-order valence-corrected chi connectivity index (χ0v) is 11.0. The van der Waals surface area contributed by atoms with Gasteiger partial charge in [0, 0.05) is 13.0 Å². The van der Waals surface area contributed by atoms with Gasteiger partial charge >= 0.3 is 0 Å². The fourth-order valence-electron chi connectivity index (χ4n) is 1.63. The molecule has 0 saturated carbocycles. The van der Waals surface area contributed by atoms with E-state index in [2.05, 4.69) is 62.4 Å². The summed E-state index contributed by atoms with van der Waals surface area (Å²) in [6.45, 7) is 5.07. The Morgan fingerprint density at radius 1 is 1.06 bits per heavy atom. The molecule has 17 heavy (non-hydrogen) atoms. The summed E-state index contributed by atoms with van der Waals surface area (Å²) >= 11 is 0. The third kappa shape index (κ3) is 5.50. The lowest BCUT2D eigenvalue weighted by atomic mass is 9.99. The molecular formula is C16H22O. The van der Waals surface area contributed by atoms with Gasteiger partial charge in [-0.25, -0.2) is 0 Å². The third-order valence-electron chi connectivity index (χ3n) is 2.52. The molecule has 0 aliphatic carbocycles. The zero-order valence-electron chi connectivity index (χ0n) is 11.0. The first-order valence-electron chi connectivity index (χ1n) is 6.13. The molecule has 1 aromatic rings. The molecule has 0 bridgehead atoms. The number of rotatable bonds is 6. The van der Waals surface area contributed by atoms with Gasteiger partial charge < -0.3 is 4.74 Å². The number of ether oxygens (including phenoxy) is 1. The maximum atomic E-state index is 5.26. The molecule has 1 heteroatoms. The highest BCUT2D eigenvalue weighted by molar-refractivity contribution is 5.25. The predicted molar refractivity (Wildman–Crippen MR) is 74.2 cm³/mol. The Hall–Kier alpha value is -1.34. The van der Waals surface area contributed by atoms with Crippen LogP contribution in [0.15, 0.2) is 54.6 Å². The molecule has 0 heterocycles. The monoisotopic (exact) mass is 230 g/mol. The Morgan fingerprint density at radius 3 is 2.29 bits per heavy atom. The Labute approximate surface area is 105 Å². The quantitative estimate of drug-likeness (QED) is 0.666. The highest BCUT2D eigenvalue weighted by Gasteiger charge is 2.05. The van der Waals surface area contributed by atoms with Crippen LogP contribution in [-0.2, 0) is 4.74 Å². The smallest absolute Gasteiger partial charge is 0.0565 e. The van der Waals surface area contributed by atoms with Gasteiger partial charge in [-0.05, 0) is 11.5 Å². The van der Waals surface area contributed by atoms with Crippen LogP contribution in [0.4, 0.5) is 0 Å². The molecule has 0 amide bonds. The minimum atomic E-state index is 0.331. The average molecular weight is 230 g/mol. The summed E-state index contributed by atoms with van der Waals surface area (Å²) in [7, 11) is 1.74.